The molecule has 0 bridgehead atoms. The molecule has 5 rings (SSSR count). The molecular formula is C24H22ClNO2. The van der Waals surface area contributed by atoms with Crippen LogP contribution >= 0.6 is 11.6 Å². The molecule has 0 saturated carbocycles. The third-order valence-electron chi connectivity index (χ3n) is 6.09. The summed E-state index contributed by atoms with van der Waals surface area (Å²) in [7, 11) is 0. The monoisotopic (exact) mass is 391 g/mol. The molecule has 3 nitrogen and oxygen atoms in total. The summed E-state index contributed by atoms with van der Waals surface area (Å²) >= 11 is 6.11. The van der Waals surface area contributed by atoms with Crippen molar-refractivity contribution in [1.82, 2.24) is 4.90 Å². The highest BCUT2D eigenvalue weighted by molar-refractivity contribution is 6.30. The SMILES string of the molecule is O=C1CC2(CCN(Cc3cccc4ccccc34)CC2)Oc2cc(Cl)ccc21. The zero-order valence-corrected chi connectivity index (χ0v) is 16.4. The number of carbonyl (C=O) groups excluding carboxylic acids is 1. The molecule has 2 aliphatic heterocycles. The molecule has 3 aromatic rings. The second kappa shape index (κ2) is 6.91. The van der Waals surface area contributed by atoms with E-state index in [0.29, 0.717) is 22.8 Å². The van der Waals surface area contributed by atoms with Crippen molar-refractivity contribution in [1.29, 1.82) is 0 Å². The summed E-state index contributed by atoms with van der Waals surface area (Å²) in [5, 5.41) is 3.21. The first kappa shape index (κ1) is 17.7. The van der Waals surface area contributed by atoms with Crippen LogP contribution in [0.2, 0.25) is 5.02 Å². The van der Waals surface area contributed by atoms with Crippen LogP contribution in [0.1, 0.15) is 35.2 Å². The number of Topliss-reactive ketones (excluding diaryl/α,β-unsaturated/α-hetero) is 1. The minimum atomic E-state index is -0.385. The molecule has 0 radical (unpaired) electrons. The highest BCUT2D eigenvalue weighted by atomic mass is 35.5. The average molecular weight is 392 g/mol. The van der Waals surface area contributed by atoms with Gasteiger partial charge in [-0.1, -0.05) is 54.1 Å². The fourth-order valence-electron chi connectivity index (χ4n) is 4.54. The van der Waals surface area contributed by atoms with Crippen molar-refractivity contribution in [3.8, 4) is 5.75 Å². The molecule has 0 aromatic heterocycles. The summed E-state index contributed by atoms with van der Waals surface area (Å²) in [6.45, 7) is 2.77. The van der Waals surface area contributed by atoms with Gasteiger partial charge in [0.25, 0.3) is 0 Å². The van der Waals surface area contributed by atoms with Crippen LogP contribution in [0.5, 0.6) is 5.75 Å². The van der Waals surface area contributed by atoms with Crippen molar-refractivity contribution in [2.45, 2.75) is 31.4 Å². The van der Waals surface area contributed by atoms with Crippen molar-refractivity contribution < 1.29 is 9.53 Å². The van der Waals surface area contributed by atoms with Gasteiger partial charge in [-0.15, -0.1) is 0 Å². The molecule has 2 heterocycles. The van der Waals surface area contributed by atoms with E-state index in [0.717, 1.165) is 32.5 Å². The summed E-state index contributed by atoms with van der Waals surface area (Å²) < 4.78 is 6.35. The van der Waals surface area contributed by atoms with Crippen LogP contribution in [0.4, 0.5) is 0 Å². The van der Waals surface area contributed by atoms with Crippen LogP contribution in [0, 0.1) is 0 Å². The first-order valence-electron chi connectivity index (χ1n) is 9.83. The van der Waals surface area contributed by atoms with E-state index in [1.54, 1.807) is 18.2 Å². The largest absolute Gasteiger partial charge is 0.486 e. The molecule has 1 spiro atoms. The lowest BCUT2D eigenvalue weighted by Crippen LogP contribution is -2.50. The van der Waals surface area contributed by atoms with Crippen LogP contribution in [-0.2, 0) is 6.54 Å². The summed E-state index contributed by atoms with van der Waals surface area (Å²) in [6, 6.07) is 20.4. The van der Waals surface area contributed by atoms with Gasteiger partial charge in [0.2, 0.25) is 0 Å². The number of benzene rings is 3. The smallest absolute Gasteiger partial charge is 0.170 e. The van der Waals surface area contributed by atoms with Gasteiger partial charge in [-0.3, -0.25) is 9.69 Å². The molecule has 4 heteroatoms. The maximum absolute atomic E-state index is 12.7. The average Bonchev–Trinajstić information content (AvgIpc) is 2.70. The lowest BCUT2D eigenvalue weighted by molar-refractivity contribution is -0.0106. The Kier molecular flexibility index (Phi) is 4.37. The molecule has 0 unspecified atom stereocenters. The molecule has 0 N–H and O–H groups in total. The van der Waals surface area contributed by atoms with E-state index in [-0.39, 0.29) is 11.4 Å². The number of ketones is 1. The maximum Gasteiger partial charge on any atom is 0.170 e. The lowest BCUT2D eigenvalue weighted by atomic mass is 9.82. The number of fused-ring (bicyclic) bond motifs is 2. The Hall–Kier alpha value is -2.36. The molecule has 0 aliphatic carbocycles. The van der Waals surface area contributed by atoms with Gasteiger partial charge in [0.15, 0.2) is 5.78 Å². The Morgan fingerprint density at radius 3 is 2.64 bits per heavy atom. The van der Waals surface area contributed by atoms with Crippen LogP contribution in [0.15, 0.2) is 60.7 Å². The molecule has 142 valence electrons. The van der Waals surface area contributed by atoms with E-state index in [2.05, 4.69) is 47.4 Å². The van der Waals surface area contributed by atoms with Crippen LogP contribution in [0.25, 0.3) is 10.8 Å². The van der Waals surface area contributed by atoms with Gasteiger partial charge in [0.05, 0.1) is 12.0 Å². The van der Waals surface area contributed by atoms with Gasteiger partial charge >= 0.3 is 0 Å². The quantitative estimate of drug-likeness (QED) is 0.578. The summed E-state index contributed by atoms with van der Waals surface area (Å²) in [5.74, 6) is 0.812. The Morgan fingerprint density at radius 1 is 1.00 bits per heavy atom. The summed E-state index contributed by atoms with van der Waals surface area (Å²) in [4.78, 5) is 15.1. The standard InChI is InChI=1S/C24H22ClNO2/c25-19-8-9-21-22(27)15-24(28-23(21)14-19)10-12-26(13-11-24)16-18-6-3-5-17-4-1-2-7-20(17)18/h1-9,14H,10-13,15-16H2. The minimum absolute atomic E-state index is 0.167. The summed E-state index contributed by atoms with van der Waals surface area (Å²) in [6.07, 6.45) is 2.18. The van der Waals surface area contributed by atoms with E-state index in [4.69, 9.17) is 16.3 Å². The Balaban J connectivity index is 1.32. The number of nitrogens with zero attached hydrogens (tertiary/aromatic N) is 1. The Morgan fingerprint density at radius 2 is 1.79 bits per heavy atom. The molecule has 0 atom stereocenters. The van der Waals surface area contributed by atoms with Gasteiger partial charge in [-0.25, -0.2) is 0 Å². The number of piperidine rings is 1. The molecule has 28 heavy (non-hydrogen) atoms. The predicted octanol–water partition coefficient (Wildman–Crippen LogP) is 5.49. The van der Waals surface area contributed by atoms with Crippen LogP contribution in [0.3, 0.4) is 0 Å². The predicted molar refractivity (Wildman–Crippen MR) is 112 cm³/mol. The molecule has 3 aromatic carbocycles. The van der Waals surface area contributed by atoms with Gasteiger partial charge < -0.3 is 4.74 Å². The van der Waals surface area contributed by atoms with Crippen molar-refractivity contribution in [2.24, 2.45) is 0 Å². The molecule has 2 aliphatic rings. The topological polar surface area (TPSA) is 29.5 Å². The first-order valence-corrected chi connectivity index (χ1v) is 10.2. The number of rotatable bonds is 2. The van der Waals surface area contributed by atoms with Gasteiger partial charge in [0.1, 0.15) is 11.4 Å². The van der Waals surface area contributed by atoms with E-state index in [9.17, 15) is 4.79 Å². The number of ether oxygens (including phenoxy) is 1. The highest BCUT2D eigenvalue weighted by Crippen LogP contribution is 2.40. The molecule has 0 amide bonds. The van der Waals surface area contributed by atoms with E-state index in [1.807, 2.05) is 0 Å². The molecule has 1 saturated heterocycles. The second-order valence-electron chi connectivity index (χ2n) is 7.94. The third kappa shape index (κ3) is 3.19. The van der Waals surface area contributed by atoms with Gasteiger partial charge in [-0.05, 0) is 34.5 Å². The van der Waals surface area contributed by atoms with Crippen molar-refractivity contribution in [3.05, 3.63) is 76.8 Å². The molecule has 1 fully saturated rings. The lowest BCUT2D eigenvalue weighted by Gasteiger charge is -2.44. The maximum atomic E-state index is 12.7. The normalized spacial score (nSPS) is 18.8. The fourth-order valence-corrected chi connectivity index (χ4v) is 4.70. The first-order chi connectivity index (χ1) is 13.6. The fraction of sp³-hybridized carbons (Fsp3) is 0.292. The Bertz CT molecular complexity index is 1050. The Labute approximate surface area is 169 Å². The van der Waals surface area contributed by atoms with Gasteiger partial charge in [0, 0.05) is 37.5 Å². The number of hydrogen-bond acceptors (Lipinski definition) is 3. The highest BCUT2D eigenvalue weighted by Gasteiger charge is 2.42. The molecular weight excluding hydrogens is 370 g/mol. The van der Waals surface area contributed by atoms with E-state index >= 15 is 0 Å². The summed E-state index contributed by atoms with van der Waals surface area (Å²) in [5.41, 5.74) is 1.63. The zero-order chi connectivity index (χ0) is 19.1. The third-order valence-corrected chi connectivity index (χ3v) is 6.33. The minimum Gasteiger partial charge on any atom is -0.486 e. The number of halogens is 1. The van der Waals surface area contributed by atoms with Crippen molar-refractivity contribution in [3.63, 3.8) is 0 Å². The zero-order valence-electron chi connectivity index (χ0n) is 15.7. The van der Waals surface area contributed by atoms with Crippen molar-refractivity contribution >= 4 is 28.2 Å². The van der Waals surface area contributed by atoms with Gasteiger partial charge in [-0.2, -0.15) is 0 Å². The second-order valence-corrected chi connectivity index (χ2v) is 8.38. The van der Waals surface area contributed by atoms with Crippen molar-refractivity contribution in [2.75, 3.05) is 13.1 Å². The van der Waals surface area contributed by atoms with E-state index in [1.165, 1.54) is 16.3 Å². The van der Waals surface area contributed by atoms with E-state index < -0.39 is 0 Å². The number of likely N-dealkylation sites (tertiary alicyclic amines) is 1. The van der Waals surface area contributed by atoms with Crippen LogP contribution in [-0.4, -0.2) is 29.4 Å². The number of hydrogen-bond donors (Lipinski definition) is 0. The number of carbonyl (C=O) groups is 1. The van der Waals surface area contributed by atoms with Crippen LogP contribution < -0.4 is 4.74 Å².